The molecule has 37 heavy (non-hydrogen) atoms. The number of aromatic amines is 1. The molecule has 6 nitrogen and oxygen atoms in total. The maximum Gasteiger partial charge on any atom is 0.324 e. The van der Waals surface area contributed by atoms with Gasteiger partial charge in [-0.3, -0.25) is 9.59 Å². The number of H-pyrrole nitrogens is 1. The fourth-order valence-corrected chi connectivity index (χ4v) is 6.03. The highest BCUT2D eigenvalue weighted by atomic mass is 79.9. The molecule has 0 aliphatic carbocycles. The molecule has 1 fully saturated rings. The van der Waals surface area contributed by atoms with E-state index in [0.717, 1.165) is 16.5 Å². The van der Waals surface area contributed by atoms with Crippen LogP contribution in [0.1, 0.15) is 36.5 Å². The molecule has 0 bridgehead atoms. The van der Waals surface area contributed by atoms with Gasteiger partial charge in [-0.15, -0.1) is 0 Å². The molecule has 0 saturated carbocycles. The average Bonchev–Trinajstić information content (AvgIpc) is 3.24. The number of para-hydroxylation sites is 1. The lowest BCUT2D eigenvalue weighted by atomic mass is 9.80. The van der Waals surface area contributed by atoms with Crippen LogP contribution in [0.5, 0.6) is 5.75 Å². The van der Waals surface area contributed by atoms with Gasteiger partial charge in [0, 0.05) is 36.9 Å². The number of carbonyl (C=O) groups is 2. The van der Waals surface area contributed by atoms with E-state index in [4.69, 9.17) is 14.2 Å². The van der Waals surface area contributed by atoms with Crippen LogP contribution in [-0.2, 0) is 25.7 Å². The second-order valence-corrected chi connectivity index (χ2v) is 10.9. The maximum atomic E-state index is 13.6. The molecule has 2 heterocycles. The van der Waals surface area contributed by atoms with Crippen LogP contribution in [0.15, 0.2) is 75.8 Å². The van der Waals surface area contributed by atoms with E-state index in [2.05, 4.69) is 36.8 Å². The Balaban J connectivity index is 1.57. The third kappa shape index (κ3) is 5.15. The number of halogens is 3. The van der Waals surface area contributed by atoms with Gasteiger partial charge in [-0.05, 0) is 78.9 Å². The number of nitrogens with one attached hydrogen (secondary N) is 1. The van der Waals surface area contributed by atoms with Gasteiger partial charge in [-0.25, -0.2) is 4.39 Å². The van der Waals surface area contributed by atoms with Crippen LogP contribution in [0.4, 0.5) is 4.39 Å². The summed E-state index contributed by atoms with van der Waals surface area (Å²) in [5, 5.41) is 0.872. The normalized spacial score (nSPS) is 16.4. The topological polar surface area (TPSA) is 77.6 Å². The first-order chi connectivity index (χ1) is 17.6. The standard InChI is InChI=1S/C28H22Br2FNO5/c1-28(2)36-26(33)24(27(34)37-28)23(19-13-32-22-9-4-3-8-18(19)22)16-11-20(29)25(21(30)12-16)35-14-15-6-5-7-17(31)10-15/h3-13,23-24,32H,14H2,1-2H3/t23-/m1/s1. The van der Waals surface area contributed by atoms with Gasteiger partial charge in [0.2, 0.25) is 0 Å². The van der Waals surface area contributed by atoms with Gasteiger partial charge < -0.3 is 19.2 Å². The fraction of sp³-hybridized carbons (Fsp3) is 0.214. The molecule has 1 N–H and O–H groups in total. The van der Waals surface area contributed by atoms with Crippen LogP contribution >= 0.6 is 31.9 Å². The Morgan fingerprint density at radius 3 is 2.35 bits per heavy atom. The molecule has 3 aromatic carbocycles. The van der Waals surface area contributed by atoms with E-state index in [1.54, 1.807) is 30.5 Å². The van der Waals surface area contributed by atoms with Crippen LogP contribution in [0, 0.1) is 11.7 Å². The quantitative estimate of drug-likeness (QED) is 0.183. The third-order valence-electron chi connectivity index (χ3n) is 6.14. The second-order valence-electron chi connectivity index (χ2n) is 9.22. The molecule has 0 spiro atoms. The number of carbonyl (C=O) groups excluding carboxylic acids is 2. The number of hydrogen-bond donors (Lipinski definition) is 1. The molecule has 190 valence electrons. The van der Waals surface area contributed by atoms with Gasteiger partial charge >= 0.3 is 11.9 Å². The zero-order valence-corrected chi connectivity index (χ0v) is 23.1. The van der Waals surface area contributed by atoms with Crippen molar-refractivity contribution in [2.45, 2.75) is 32.2 Å². The minimum absolute atomic E-state index is 0.149. The van der Waals surface area contributed by atoms with E-state index in [1.807, 2.05) is 24.3 Å². The summed E-state index contributed by atoms with van der Waals surface area (Å²) < 4.78 is 31.7. The summed E-state index contributed by atoms with van der Waals surface area (Å²) >= 11 is 7.14. The first-order valence-corrected chi connectivity index (χ1v) is 13.1. The monoisotopic (exact) mass is 629 g/mol. The van der Waals surface area contributed by atoms with E-state index in [1.165, 1.54) is 26.0 Å². The smallest absolute Gasteiger partial charge is 0.324 e. The predicted octanol–water partition coefficient (Wildman–Crippen LogP) is 7.00. The lowest BCUT2D eigenvalue weighted by Crippen LogP contribution is -2.48. The molecule has 0 unspecified atom stereocenters. The minimum Gasteiger partial charge on any atom is -0.487 e. The van der Waals surface area contributed by atoms with Crippen LogP contribution in [0.25, 0.3) is 10.9 Å². The van der Waals surface area contributed by atoms with Crippen molar-refractivity contribution < 1.29 is 28.2 Å². The SMILES string of the molecule is CC1(C)OC(=O)C([C@H](c2cc(Br)c(OCc3cccc(F)c3)c(Br)c2)c2c[nH]c3ccccc23)C(=O)O1. The number of rotatable bonds is 6. The minimum atomic E-state index is -1.34. The molecule has 1 aliphatic rings. The highest BCUT2D eigenvalue weighted by molar-refractivity contribution is 9.11. The Labute approximate surface area is 229 Å². The van der Waals surface area contributed by atoms with Gasteiger partial charge in [0.15, 0.2) is 5.92 Å². The zero-order valence-electron chi connectivity index (χ0n) is 19.9. The van der Waals surface area contributed by atoms with Crippen molar-refractivity contribution >= 4 is 54.7 Å². The number of cyclic esters (lactones) is 2. The van der Waals surface area contributed by atoms with Crippen LogP contribution in [0.3, 0.4) is 0 Å². The third-order valence-corrected chi connectivity index (χ3v) is 7.32. The Bertz CT molecular complexity index is 1470. The highest BCUT2D eigenvalue weighted by Gasteiger charge is 2.48. The van der Waals surface area contributed by atoms with Crippen molar-refractivity contribution in [1.29, 1.82) is 0 Å². The summed E-state index contributed by atoms with van der Waals surface area (Å²) in [5.41, 5.74) is 2.96. The maximum absolute atomic E-state index is 13.6. The molecule has 4 aromatic rings. The van der Waals surface area contributed by atoms with Crippen LogP contribution in [-0.4, -0.2) is 22.7 Å². The fourth-order valence-electron chi connectivity index (χ4n) is 4.58. The van der Waals surface area contributed by atoms with Crippen molar-refractivity contribution in [2.24, 2.45) is 5.92 Å². The summed E-state index contributed by atoms with van der Waals surface area (Å²) in [6.45, 7) is 3.20. The Morgan fingerprint density at radius 2 is 1.68 bits per heavy atom. The molecule has 1 atom stereocenters. The Morgan fingerprint density at radius 1 is 1.00 bits per heavy atom. The van der Waals surface area contributed by atoms with E-state index in [0.29, 0.717) is 25.8 Å². The van der Waals surface area contributed by atoms with E-state index >= 15 is 0 Å². The lowest BCUT2D eigenvalue weighted by Gasteiger charge is -2.36. The molecule has 0 amide bonds. The summed E-state index contributed by atoms with van der Waals surface area (Å²) in [5.74, 6) is -4.43. The zero-order chi connectivity index (χ0) is 26.3. The molecular weight excluding hydrogens is 609 g/mol. The van der Waals surface area contributed by atoms with Gasteiger partial charge in [0.25, 0.3) is 5.79 Å². The van der Waals surface area contributed by atoms with Gasteiger partial charge in [0.1, 0.15) is 18.2 Å². The number of benzene rings is 3. The summed E-state index contributed by atoms with van der Waals surface area (Å²) in [6.07, 6.45) is 1.80. The number of esters is 2. The molecule has 1 saturated heterocycles. The number of hydrogen-bond acceptors (Lipinski definition) is 5. The van der Waals surface area contributed by atoms with Crippen molar-refractivity contribution in [1.82, 2.24) is 4.98 Å². The second kappa shape index (κ2) is 9.95. The summed E-state index contributed by atoms with van der Waals surface area (Å²) in [7, 11) is 0. The van der Waals surface area contributed by atoms with Crippen LogP contribution < -0.4 is 4.74 Å². The first kappa shape index (κ1) is 25.5. The van der Waals surface area contributed by atoms with Crippen molar-refractivity contribution in [3.05, 3.63) is 98.3 Å². The molecular formula is C28H22Br2FNO5. The number of fused-ring (bicyclic) bond motifs is 1. The molecule has 1 aliphatic heterocycles. The van der Waals surface area contributed by atoms with E-state index in [-0.39, 0.29) is 12.4 Å². The molecule has 9 heteroatoms. The molecule has 5 rings (SSSR count). The number of ether oxygens (including phenoxy) is 3. The van der Waals surface area contributed by atoms with Gasteiger partial charge in [0.05, 0.1) is 8.95 Å². The summed E-state index contributed by atoms with van der Waals surface area (Å²) in [6, 6.07) is 17.4. The van der Waals surface area contributed by atoms with Crippen LogP contribution in [0.2, 0.25) is 0 Å². The molecule has 1 aromatic heterocycles. The number of aromatic nitrogens is 1. The first-order valence-electron chi connectivity index (χ1n) is 11.5. The lowest BCUT2D eigenvalue weighted by molar-refractivity contribution is -0.240. The molecule has 0 radical (unpaired) electrons. The Hall–Kier alpha value is -3.17. The summed E-state index contributed by atoms with van der Waals surface area (Å²) in [4.78, 5) is 29.6. The predicted molar refractivity (Wildman–Crippen MR) is 142 cm³/mol. The van der Waals surface area contributed by atoms with Crippen molar-refractivity contribution in [3.63, 3.8) is 0 Å². The van der Waals surface area contributed by atoms with Gasteiger partial charge in [-0.1, -0.05) is 30.3 Å². The van der Waals surface area contributed by atoms with Crippen molar-refractivity contribution in [2.75, 3.05) is 0 Å². The largest absolute Gasteiger partial charge is 0.487 e. The van der Waals surface area contributed by atoms with Gasteiger partial charge in [-0.2, -0.15) is 0 Å². The average molecular weight is 631 g/mol. The van der Waals surface area contributed by atoms with Crippen molar-refractivity contribution in [3.8, 4) is 5.75 Å². The Kier molecular flexibility index (Phi) is 6.85. The van der Waals surface area contributed by atoms with E-state index in [9.17, 15) is 14.0 Å². The highest BCUT2D eigenvalue weighted by Crippen LogP contribution is 2.44. The van der Waals surface area contributed by atoms with E-state index < -0.39 is 29.6 Å².